The quantitative estimate of drug-likeness (QED) is 0.750. The third-order valence-corrected chi connectivity index (χ3v) is 2.78. The van der Waals surface area contributed by atoms with E-state index in [0.717, 1.165) is 25.2 Å². The van der Waals surface area contributed by atoms with E-state index in [-0.39, 0.29) is 0 Å². The summed E-state index contributed by atoms with van der Waals surface area (Å²) in [4.78, 5) is 2.46. The van der Waals surface area contributed by atoms with Crippen LogP contribution in [0.25, 0.3) is 0 Å². The Morgan fingerprint density at radius 2 is 2.07 bits per heavy atom. The maximum absolute atomic E-state index is 5.74. The van der Waals surface area contributed by atoms with Crippen molar-refractivity contribution in [2.75, 3.05) is 18.8 Å². The Bertz CT molecular complexity index is 294. The third kappa shape index (κ3) is 3.92. The first kappa shape index (κ1) is 12.1. The standard InChI is InChI=1S/C13H22N2/c1-4-15(11(2)3)9-8-12-6-5-7-13(14)10-12/h5-7,10-11H,4,8-9,14H2,1-3H3. The number of hydrogen-bond acceptors (Lipinski definition) is 2. The number of nitrogen functional groups attached to an aromatic ring is 1. The average Bonchev–Trinajstić information content (AvgIpc) is 2.18. The van der Waals surface area contributed by atoms with Crippen LogP contribution in [0.1, 0.15) is 26.3 Å². The van der Waals surface area contributed by atoms with Crippen LogP contribution < -0.4 is 5.73 Å². The Labute approximate surface area is 93.1 Å². The second-order valence-electron chi connectivity index (χ2n) is 4.22. The second-order valence-corrected chi connectivity index (χ2v) is 4.22. The van der Waals surface area contributed by atoms with Crippen molar-refractivity contribution in [3.63, 3.8) is 0 Å². The van der Waals surface area contributed by atoms with Crippen LogP contribution >= 0.6 is 0 Å². The number of rotatable bonds is 5. The summed E-state index contributed by atoms with van der Waals surface area (Å²) < 4.78 is 0. The fourth-order valence-electron chi connectivity index (χ4n) is 1.80. The first-order valence-corrected chi connectivity index (χ1v) is 5.72. The number of likely N-dealkylation sites (N-methyl/N-ethyl adjacent to an activating group) is 1. The summed E-state index contributed by atoms with van der Waals surface area (Å²) in [6.45, 7) is 8.91. The van der Waals surface area contributed by atoms with Gasteiger partial charge in [-0.3, -0.25) is 0 Å². The number of nitrogens with two attached hydrogens (primary N) is 1. The fourth-order valence-corrected chi connectivity index (χ4v) is 1.80. The van der Waals surface area contributed by atoms with Gasteiger partial charge in [-0.15, -0.1) is 0 Å². The van der Waals surface area contributed by atoms with E-state index in [1.54, 1.807) is 0 Å². The summed E-state index contributed by atoms with van der Waals surface area (Å²) >= 11 is 0. The van der Waals surface area contributed by atoms with E-state index >= 15 is 0 Å². The molecule has 0 aromatic heterocycles. The summed E-state index contributed by atoms with van der Waals surface area (Å²) in [6, 6.07) is 8.79. The van der Waals surface area contributed by atoms with Crippen molar-refractivity contribution in [3.8, 4) is 0 Å². The lowest BCUT2D eigenvalue weighted by molar-refractivity contribution is 0.236. The molecule has 15 heavy (non-hydrogen) atoms. The summed E-state index contributed by atoms with van der Waals surface area (Å²) in [5.74, 6) is 0. The molecule has 2 N–H and O–H groups in total. The number of anilines is 1. The van der Waals surface area contributed by atoms with Crippen LogP contribution in [0.4, 0.5) is 5.69 Å². The smallest absolute Gasteiger partial charge is 0.0316 e. The fraction of sp³-hybridized carbons (Fsp3) is 0.538. The van der Waals surface area contributed by atoms with Gasteiger partial charge in [-0.2, -0.15) is 0 Å². The topological polar surface area (TPSA) is 29.3 Å². The molecule has 0 fully saturated rings. The Kier molecular flexibility index (Phi) is 4.63. The highest BCUT2D eigenvalue weighted by Gasteiger charge is 2.06. The average molecular weight is 206 g/mol. The number of nitrogens with zero attached hydrogens (tertiary/aromatic N) is 1. The van der Waals surface area contributed by atoms with Crippen LogP contribution in [0.3, 0.4) is 0 Å². The monoisotopic (exact) mass is 206 g/mol. The van der Waals surface area contributed by atoms with E-state index < -0.39 is 0 Å². The molecule has 2 nitrogen and oxygen atoms in total. The van der Waals surface area contributed by atoms with Gasteiger partial charge in [0.15, 0.2) is 0 Å². The molecule has 0 aliphatic heterocycles. The highest BCUT2D eigenvalue weighted by molar-refractivity contribution is 5.40. The van der Waals surface area contributed by atoms with Crippen molar-refractivity contribution in [1.82, 2.24) is 4.90 Å². The van der Waals surface area contributed by atoms with E-state index in [9.17, 15) is 0 Å². The van der Waals surface area contributed by atoms with Crippen LogP contribution in [0, 0.1) is 0 Å². The van der Waals surface area contributed by atoms with Crippen molar-refractivity contribution in [2.45, 2.75) is 33.2 Å². The van der Waals surface area contributed by atoms with E-state index in [4.69, 9.17) is 5.73 Å². The highest BCUT2D eigenvalue weighted by Crippen LogP contribution is 2.08. The zero-order chi connectivity index (χ0) is 11.3. The molecule has 0 amide bonds. The highest BCUT2D eigenvalue weighted by atomic mass is 15.1. The molecule has 0 saturated heterocycles. The molecule has 0 unspecified atom stereocenters. The van der Waals surface area contributed by atoms with E-state index in [1.807, 2.05) is 12.1 Å². The Hall–Kier alpha value is -1.02. The summed E-state index contributed by atoms with van der Waals surface area (Å²) in [7, 11) is 0. The zero-order valence-electron chi connectivity index (χ0n) is 10.0. The van der Waals surface area contributed by atoms with Crippen molar-refractivity contribution < 1.29 is 0 Å². The van der Waals surface area contributed by atoms with E-state index in [2.05, 4.69) is 37.8 Å². The predicted octanol–water partition coefficient (Wildman–Crippen LogP) is 2.54. The lowest BCUT2D eigenvalue weighted by atomic mass is 10.1. The third-order valence-electron chi connectivity index (χ3n) is 2.78. The van der Waals surface area contributed by atoms with Gasteiger partial charge >= 0.3 is 0 Å². The minimum absolute atomic E-state index is 0.621. The molecule has 1 aromatic carbocycles. The molecule has 2 heteroatoms. The minimum atomic E-state index is 0.621. The molecule has 1 rings (SSSR count). The Balaban J connectivity index is 2.49. The predicted molar refractivity (Wildman–Crippen MR) is 66.9 cm³/mol. The summed E-state index contributed by atoms with van der Waals surface area (Å²) in [6.07, 6.45) is 1.08. The maximum Gasteiger partial charge on any atom is 0.0316 e. The van der Waals surface area contributed by atoms with Gasteiger partial charge in [-0.1, -0.05) is 19.1 Å². The molecule has 0 aliphatic carbocycles. The van der Waals surface area contributed by atoms with Crippen LogP contribution in [-0.2, 0) is 6.42 Å². The zero-order valence-corrected chi connectivity index (χ0v) is 10.0. The van der Waals surface area contributed by atoms with Crippen LogP contribution in [0.15, 0.2) is 24.3 Å². The molecule has 0 bridgehead atoms. The number of hydrogen-bond donors (Lipinski definition) is 1. The van der Waals surface area contributed by atoms with Gasteiger partial charge in [-0.25, -0.2) is 0 Å². The van der Waals surface area contributed by atoms with Crippen molar-refractivity contribution >= 4 is 5.69 Å². The largest absolute Gasteiger partial charge is 0.399 e. The minimum Gasteiger partial charge on any atom is -0.399 e. The summed E-state index contributed by atoms with van der Waals surface area (Å²) in [5, 5.41) is 0. The lowest BCUT2D eigenvalue weighted by Gasteiger charge is -2.24. The molecule has 0 aliphatic rings. The Morgan fingerprint density at radius 3 is 2.60 bits per heavy atom. The van der Waals surface area contributed by atoms with Crippen molar-refractivity contribution in [1.29, 1.82) is 0 Å². The first-order valence-electron chi connectivity index (χ1n) is 5.72. The first-order chi connectivity index (χ1) is 7.13. The SMILES string of the molecule is CCN(CCc1cccc(N)c1)C(C)C. The number of benzene rings is 1. The lowest BCUT2D eigenvalue weighted by Crippen LogP contribution is -2.32. The van der Waals surface area contributed by atoms with Gasteiger partial charge in [0.25, 0.3) is 0 Å². The van der Waals surface area contributed by atoms with Gasteiger partial charge < -0.3 is 10.6 Å². The molecule has 0 saturated carbocycles. The van der Waals surface area contributed by atoms with Gasteiger partial charge in [0, 0.05) is 18.3 Å². The summed E-state index contributed by atoms with van der Waals surface area (Å²) in [5.41, 5.74) is 7.93. The van der Waals surface area contributed by atoms with E-state index in [1.165, 1.54) is 5.56 Å². The molecule has 0 atom stereocenters. The van der Waals surface area contributed by atoms with Gasteiger partial charge in [0.2, 0.25) is 0 Å². The molecular weight excluding hydrogens is 184 g/mol. The molecule has 0 spiro atoms. The second kappa shape index (κ2) is 5.76. The van der Waals surface area contributed by atoms with Gasteiger partial charge in [0.05, 0.1) is 0 Å². The van der Waals surface area contributed by atoms with Crippen molar-refractivity contribution in [2.24, 2.45) is 0 Å². The van der Waals surface area contributed by atoms with Crippen LogP contribution in [0.2, 0.25) is 0 Å². The molecule has 0 heterocycles. The Morgan fingerprint density at radius 1 is 1.33 bits per heavy atom. The van der Waals surface area contributed by atoms with Gasteiger partial charge in [-0.05, 0) is 44.5 Å². The van der Waals surface area contributed by atoms with E-state index in [0.29, 0.717) is 6.04 Å². The normalized spacial score (nSPS) is 11.3. The molecular formula is C13H22N2. The van der Waals surface area contributed by atoms with Crippen molar-refractivity contribution in [3.05, 3.63) is 29.8 Å². The van der Waals surface area contributed by atoms with Crippen LogP contribution in [-0.4, -0.2) is 24.0 Å². The molecule has 0 radical (unpaired) electrons. The van der Waals surface area contributed by atoms with Gasteiger partial charge in [0.1, 0.15) is 0 Å². The molecule has 84 valence electrons. The molecule has 1 aromatic rings. The maximum atomic E-state index is 5.74. The van der Waals surface area contributed by atoms with Crippen LogP contribution in [0.5, 0.6) is 0 Å².